The van der Waals surface area contributed by atoms with Crippen molar-refractivity contribution in [2.75, 3.05) is 7.05 Å². The summed E-state index contributed by atoms with van der Waals surface area (Å²) in [4.78, 5) is 20.5. The summed E-state index contributed by atoms with van der Waals surface area (Å²) in [5.74, 6) is 0.324. The molecule has 19 heavy (non-hydrogen) atoms. The van der Waals surface area contributed by atoms with Crippen LogP contribution in [0.3, 0.4) is 0 Å². The molecule has 2 heterocycles. The van der Waals surface area contributed by atoms with E-state index in [-0.39, 0.29) is 11.6 Å². The first-order valence-electron chi connectivity index (χ1n) is 5.75. The summed E-state index contributed by atoms with van der Waals surface area (Å²) in [5, 5.41) is 0. The number of hydrogen-bond acceptors (Lipinski definition) is 2. The van der Waals surface area contributed by atoms with Crippen LogP contribution >= 0.6 is 0 Å². The smallest absolute Gasteiger partial charge is 0.270 e. The van der Waals surface area contributed by atoms with Crippen molar-refractivity contribution in [2.24, 2.45) is 0 Å². The van der Waals surface area contributed by atoms with Crippen molar-refractivity contribution in [1.82, 2.24) is 19.4 Å². The summed E-state index contributed by atoms with van der Waals surface area (Å²) in [6, 6.07) is 3.11. The molecule has 1 N–H and O–H groups in total. The summed E-state index contributed by atoms with van der Waals surface area (Å²) < 4.78 is 26.0. The number of rotatable bonds is 5. The summed E-state index contributed by atoms with van der Waals surface area (Å²) in [5.41, 5.74) is 0.245. The van der Waals surface area contributed by atoms with Crippen LogP contribution in [0.2, 0.25) is 0 Å². The molecule has 5 nitrogen and oxygen atoms in total. The molecule has 2 rings (SSSR count). The number of nitrogens with zero attached hydrogens (tertiary/aromatic N) is 3. The highest BCUT2D eigenvalue weighted by molar-refractivity contribution is 5.92. The first kappa shape index (κ1) is 13.3. The lowest BCUT2D eigenvalue weighted by atomic mass is 10.3. The molecule has 0 spiro atoms. The highest BCUT2D eigenvalue weighted by Crippen LogP contribution is 2.10. The molecule has 0 aliphatic carbocycles. The fraction of sp³-hybridized carbons (Fsp3) is 0.333. The standard InChI is InChI=1S/C12H14F2N4O/c1-17(8-11-15-4-5-16-11)12(19)9-3-2-6-18(9)7-10(13)14/h2-6,10H,7-8H2,1H3,(H,15,16). The van der Waals surface area contributed by atoms with Gasteiger partial charge in [-0.1, -0.05) is 0 Å². The monoisotopic (exact) mass is 268 g/mol. The van der Waals surface area contributed by atoms with E-state index < -0.39 is 13.0 Å². The van der Waals surface area contributed by atoms with Crippen molar-refractivity contribution < 1.29 is 13.6 Å². The van der Waals surface area contributed by atoms with Crippen molar-refractivity contribution in [3.8, 4) is 0 Å². The van der Waals surface area contributed by atoms with Crippen LogP contribution in [0.1, 0.15) is 16.3 Å². The number of amides is 1. The molecular weight excluding hydrogens is 254 g/mol. The maximum atomic E-state index is 12.4. The Kier molecular flexibility index (Phi) is 3.94. The van der Waals surface area contributed by atoms with Crippen LogP contribution in [-0.2, 0) is 13.1 Å². The van der Waals surface area contributed by atoms with Crippen LogP contribution in [-0.4, -0.2) is 38.8 Å². The number of hydrogen-bond donors (Lipinski definition) is 1. The molecule has 1 amide bonds. The molecule has 0 unspecified atom stereocenters. The lowest BCUT2D eigenvalue weighted by molar-refractivity contribution is 0.0760. The summed E-state index contributed by atoms with van der Waals surface area (Å²) in [7, 11) is 1.60. The lowest BCUT2D eigenvalue weighted by Gasteiger charge is -2.17. The fourth-order valence-electron chi connectivity index (χ4n) is 1.79. The number of nitrogens with one attached hydrogen (secondary N) is 1. The third-order valence-corrected chi connectivity index (χ3v) is 2.67. The first-order chi connectivity index (χ1) is 9.08. The SMILES string of the molecule is CN(Cc1ncc[nH]1)C(=O)c1cccn1CC(F)F. The molecular formula is C12H14F2N4O. The van der Waals surface area contributed by atoms with Crippen LogP contribution in [0.5, 0.6) is 0 Å². The van der Waals surface area contributed by atoms with Gasteiger partial charge >= 0.3 is 0 Å². The first-order valence-corrected chi connectivity index (χ1v) is 5.75. The van der Waals surface area contributed by atoms with Crippen LogP contribution in [0, 0.1) is 0 Å². The van der Waals surface area contributed by atoms with Crippen LogP contribution in [0.25, 0.3) is 0 Å². The van der Waals surface area contributed by atoms with E-state index in [0.717, 1.165) is 0 Å². The number of aromatic nitrogens is 3. The molecule has 0 atom stereocenters. The highest BCUT2D eigenvalue weighted by atomic mass is 19.3. The normalized spacial score (nSPS) is 10.9. The molecule has 0 fully saturated rings. The Labute approximate surface area is 108 Å². The van der Waals surface area contributed by atoms with Crippen LogP contribution in [0.15, 0.2) is 30.7 Å². The zero-order valence-corrected chi connectivity index (χ0v) is 10.4. The van der Waals surface area contributed by atoms with Gasteiger partial charge in [0.2, 0.25) is 0 Å². The summed E-state index contributed by atoms with van der Waals surface area (Å²) in [6.45, 7) is -0.186. The average molecular weight is 268 g/mol. The van der Waals surface area contributed by atoms with Gasteiger partial charge in [-0.15, -0.1) is 0 Å². The topological polar surface area (TPSA) is 53.9 Å². The zero-order chi connectivity index (χ0) is 13.8. The van der Waals surface area contributed by atoms with Gasteiger partial charge in [0.15, 0.2) is 0 Å². The molecule has 7 heteroatoms. The van der Waals surface area contributed by atoms with Gasteiger partial charge in [-0.05, 0) is 12.1 Å². The summed E-state index contributed by atoms with van der Waals surface area (Å²) in [6.07, 6.45) is 2.23. The number of imidazole rings is 1. The minimum atomic E-state index is -2.49. The molecule has 2 aromatic rings. The van der Waals surface area contributed by atoms with E-state index in [0.29, 0.717) is 12.4 Å². The van der Waals surface area contributed by atoms with Crippen LogP contribution in [0.4, 0.5) is 8.78 Å². The Hall–Kier alpha value is -2.18. The summed E-state index contributed by atoms with van der Waals surface area (Å²) >= 11 is 0. The molecule has 0 aliphatic rings. The van der Waals surface area contributed by atoms with E-state index in [2.05, 4.69) is 9.97 Å². The van der Waals surface area contributed by atoms with E-state index in [4.69, 9.17) is 0 Å². The minimum Gasteiger partial charge on any atom is -0.347 e. The van der Waals surface area contributed by atoms with Gasteiger partial charge in [0.25, 0.3) is 12.3 Å². The number of alkyl halides is 2. The Balaban J connectivity index is 2.08. The van der Waals surface area contributed by atoms with Crippen molar-refractivity contribution >= 4 is 5.91 Å². The van der Waals surface area contributed by atoms with Gasteiger partial charge in [-0.3, -0.25) is 4.79 Å². The maximum absolute atomic E-state index is 12.4. The molecule has 0 aromatic carbocycles. The van der Waals surface area contributed by atoms with Gasteiger partial charge in [0.05, 0.1) is 13.1 Å². The molecule has 0 radical (unpaired) electrons. The largest absolute Gasteiger partial charge is 0.347 e. The Morgan fingerprint density at radius 1 is 1.58 bits per heavy atom. The van der Waals surface area contributed by atoms with E-state index in [1.807, 2.05) is 0 Å². The third-order valence-electron chi connectivity index (χ3n) is 2.67. The van der Waals surface area contributed by atoms with Gasteiger partial charge in [-0.2, -0.15) is 0 Å². The molecule has 0 saturated heterocycles. The number of halogens is 2. The second-order valence-electron chi connectivity index (χ2n) is 4.13. The maximum Gasteiger partial charge on any atom is 0.270 e. The van der Waals surface area contributed by atoms with Gasteiger partial charge in [0, 0.05) is 25.6 Å². The van der Waals surface area contributed by atoms with E-state index in [1.54, 1.807) is 25.5 Å². The quantitative estimate of drug-likeness (QED) is 0.898. The molecule has 102 valence electrons. The third kappa shape index (κ3) is 3.18. The average Bonchev–Trinajstić information content (AvgIpc) is 2.98. The van der Waals surface area contributed by atoms with Crippen molar-refractivity contribution in [1.29, 1.82) is 0 Å². The van der Waals surface area contributed by atoms with Gasteiger partial charge in [-0.25, -0.2) is 13.8 Å². The van der Waals surface area contributed by atoms with Crippen molar-refractivity contribution in [2.45, 2.75) is 19.5 Å². The number of carbonyl (C=O) groups excluding carboxylic acids is 1. The Morgan fingerprint density at radius 3 is 3.00 bits per heavy atom. The second-order valence-corrected chi connectivity index (χ2v) is 4.13. The molecule has 0 saturated carbocycles. The van der Waals surface area contributed by atoms with E-state index in [9.17, 15) is 13.6 Å². The minimum absolute atomic E-state index is 0.245. The fourth-order valence-corrected chi connectivity index (χ4v) is 1.79. The molecule has 0 bridgehead atoms. The molecule has 2 aromatic heterocycles. The van der Waals surface area contributed by atoms with Crippen LogP contribution < -0.4 is 0 Å². The Morgan fingerprint density at radius 2 is 2.37 bits per heavy atom. The molecule has 0 aliphatic heterocycles. The number of carbonyl (C=O) groups is 1. The van der Waals surface area contributed by atoms with E-state index in [1.165, 1.54) is 21.7 Å². The zero-order valence-electron chi connectivity index (χ0n) is 10.4. The highest BCUT2D eigenvalue weighted by Gasteiger charge is 2.18. The lowest BCUT2D eigenvalue weighted by Crippen LogP contribution is -2.29. The Bertz CT molecular complexity index is 536. The second kappa shape index (κ2) is 5.64. The number of aromatic amines is 1. The van der Waals surface area contributed by atoms with Crippen molar-refractivity contribution in [3.63, 3.8) is 0 Å². The van der Waals surface area contributed by atoms with Crippen molar-refractivity contribution in [3.05, 3.63) is 42.2 Å². The predicted molar refractivity (Wildman–Crippen MR) is 64.8 cm³/mol. The predicted octanol–water partition coefficient (Wildman–Crippen LogP) is 1.75. The number of H-pyrrole nitrogens is 1. The van der Waals surface area contributed by atoms with E-state index >= 15 is 0 Å². The van der Waals surface area contributed by atoms with Gasteiger partial charge in [0.1, 0.15) is 11.5 Å². The van der Waals surface area contributed by atoms with Gasteiger partial charge < -0.3 is 14.5 Å².